The highest BCUT2D eigenvalue weighted by Gasteiger charge is 2.25. The number of hydrogen-bond acceptors (Lipinski definition) is 5. The second kappa shape index (κ2) is 7.43. The normalized spacial score (nSPS) is 13.4. The fourth-order valence-corrected chi connectivity index (χ4v) is 4.07. The Kier molecular flexibility index (Phi) is 4.98. The smallest absolute Gasteiger partial charge is 0.165 e. The molecule has 3 aromatic rings. The molecular formula is C22H29N5O. The predicted octanol–water partition coefficient (Wildman–Crippen LogP) is 4.23. The van der Waals surface area contributed by atoms with E-state index >= 15 is 0 Å². The fraction of sp³-hybridized carbons (Fsp3) is 0.455. The highest BCUT2D eigenvalue weighted by molar-refractivity contribution is 5.83. The minimum atomic E-state index is 0.422. The van der Waals surface area contributed by atoms with Gasteiger partial charge in [0.2, 0.25) is 0 Å². The zero-order chi connectivity index (χ0) is 19.8. The Morgan fingerprint density at radius 2 is 2.00 bits per heavy atom. The lowest BCUT2D eigenvalue weighted by Gasteiger charge is -2.19. The fourth-order valence-electron chi connectivity index (χ4n) is 4.07. The average Bonchev–Trinajstić information content (AvgIpc) is 3.29. The Balaban J connectivity index is 1.94. The van der Waals surface area contributed by atoms with Crippen molar-refractivity contribution in [3.8, 4) is 16.9 Å². The number of benzene rings is 1. The number of fused-ring (bicyclic) bond motifs is 2. The van der Waals surface area contributed by atoms with Crippen molar-refractivity contribution in [1.82, 2.24) is 19.9 Å². The molecular weight excluding hydrogens is 350 g/mol. The van der Waals surface area contributed by atoms with Gasteiger partial charge in [-0.25, -0.2) is 4.98 Å². The Morgan fingerprint density at radius 1 is 1.21 bits per heavy atom. The Morgan fingerprint density at radius 3 is 2.68 bits per heavy atom. The maximum atomic E-state index is 5.38. The van der Waals surface area contributed by atoms with Crippen LogP contribution in [0.4, 0.5) is 5.82 Å². The molecule has 0 bridgehead atoms. The first-order valence-electron chi connectivity index (χ1n) is 10.1. The van der Waals surface area contributed by atoms with E-state index in [1.807, 2.05) is 10.6 Å². The second-order valence-electron chi connectivity index (χ2n) is 7.52. The van der Waals surface area contributed by atoms with Crippen LogP contribution in [0.2, 0.25) is 0 Å². The van der Waals surface area contributed by atoms with E-state index in [4.69, 9.17) is 14.8 Å². The summed E-state index contributed by atoms with van der Waals surface area (Å²) in [6.07, 6.45) is 2.15. The lowest BCUT2D eigenvalue weighted by atomic mass is 10.0. The minimum Gasteiger partial charge on any atom is -0.497 e. The van der Waals surface area contributed by atoms with E-state index in [0.717, 1.165) is 71.2 Å². The molecule has 6 heteroatoms. The van der Waals surface area contributed by atoms with Crippen LogP contribution in [0.5, 0.6) is 5.75 Å². The van der Waals surface area contributed by atoms with Gasteiger partial charge in [0.05, 0.1) is 18.5 Å². The molecule has 0 radical (unpaired) electrons. The number of methoxy groups -OCH3 is 1. The zero-order valence-corrected chi connectivity index (χ0v) is 17.4. The van der Waals surface area contributed by atoms with Gasteiger partial charge >= 0.3 is 0 Å². The Hall–Kier alpha value is -2.60. The molecule has 0 aliphatic carbocycles. The summed E-state index contributed by atoms with van der Waals surface area (Å²) in [6, 6.07) is 6.60. The van der Waals surface area contributed by atoms with E-state index in [2.05, 4.69) is 50.5 Å². The van der Waals surface area contributed by atoms with Crippen molar-refractivity contribution in [2.24, 2.45) is 0 Å². The molecule has 0 atom stereocenters. The van der Waals surface area contributed by atoms with Crippen molar-refractivity contribution < 1.29 is 4.74 Å². The van der Waals surface area contributed by atoms with Gasteiger partial charge in [-0.05, 0) is 49.9 Å². The van der Waals surface area contributed by atoms with Crippen LogP contribution in [0, 0.1) is 13.8 Å². The lowest BCUT2D eigenvalue weighted by Crippen LogP contribution is -2.21. The van der Waals surface area contributed by atoms with Gasteiger partial charge in [0.25, 0.3) is 0 Å². The first kappa shape index (κ1) is 18.7. The predicted molar refractivity (Wildman–Crippen MR) is 113 cm³/mol. The minimum absolute atomic E-state index is 0.422. The third kappa shape index (κ3) is 3.02. The van der Waals surface area contributed by atoms with Crippen LogP contribution in [0.25, 0.3) is 16.8 Å². The van der Waals surface area contributed by atoms with Gasteiger partial charge in [0.15, 0.2) is 5.65 Å². The van der Waals surface area contributed by atoms with Crippen molar-refractivity contribution in [2.45, 2.75) is 59.7 Å². The number of hydrogen-bond donors (Lipinski definition) is 2. The molecule has 0 spiro atoms. The van der Waals surface area contributed by atoms with Crippen molar-refractivity contribution in [3.63, 3.8) is 0 Å². The molecule has 0 unspecified atom stereocenters. The lowest BCUT2D eigenvalue weighted by molar-refractivity contribution is 0.414. The van der Waals surface area contributed by atoms with Gasteiger partial charge < -0.3 is 15.4 Å². The Labute approximate surface area is 166 Å². The number of aryl methyl sites for hydroxylation is 2. The molecule has 2 N–H and O–H groups in total. The summed E-state index contributed by atoms with van der Waals surface area (Å²) in [7, 11) is 1.70. The maximum Gasteiger partial charge on any atom is 0.165 e. The number of aromatic nitrogens is 3. The topological polar surface area (TPSA) is 63.5 Å². The second-order valence-corrected chi connectivity index (χ2v) is 7.52. The zero-order valence-electron chi connectivity index (χ0n) is 17.4. The average molecular weight is 380 g/mol. The molecule has 28 heavy (non-hydrogen) atoms. The molecule has 0 fully saturated rings. The molecule has 1 aliphatic rings. The number of nitrogens with zero attached hydrogens (tertiary/aromatic N) is 3. The summed E-state index contributed by atoms with van der Waals surface area (Å²) in [5.74, 6) is 1.95. The first-order valence-corrected chi connectivity index (χ1v) is 10.1. The number of ether oxygens (including phenoxy) is 1. The van der Waals surface area contributed by atoms with Gasteiger partial charge in [0.1, 0.15) is 11.6 Å². The van der Waals surface area contributed by atoms with Crippen LogP contribution in [0.15, 0.2) is 18.2 Å². The highest BCUT2D eigenvalue weighted by Crippen LogP contribution is 2.35. The van der Waals surface area contributed by atoms with E-state index in [-0.39, 0.29) is 0 Å². The van der Waals surface area contributed by atoms with Gasteiger partial charge in [0, 0.05) is 30.3 Å². The quantitative estimate of drug-likeness (QED) is 0.671. The molecule has 3 heterocycles. The van der Waals surface area contributed by atoms with Crippen LogP contribution in [0.3, 0.4) is 0 Å². The number of nitrogens with one attached hydrogen (secondary N) is 2. The molecule has 0 saturated carbocycles. The Bertz CT molecular complexity index is 1020. The first-order chi connectivity index (χ1) is 13.6. The molecule has 1 aromatic carbocycles. The van der Waals surface area contributed by atoms with Crippen LogP contribution >= 0.6 is 0 Å². The maximum absolute atomic E-state index is 5.38. The van der Waals surface area contributed by atoms with Gasteiger partial charge in [-0.15, -0.1) is 0 Å². The van der Waals surface area contributed by atoms with Gasteiger partial charge in [-0.2, -0.15) is 9.61 Å². The van der Waals surface area contributed by atoms with E-state index in [0.29, 0.717) is 6.04 Å². The van der Waals surface area contributed by atoms with Crippen molar-refractivity contribution in [2.75, 3.05) is 12.4 Å². The molecule has 2 aromatic heterocycles. The van der Waals surface area contributed by atoms with Gasteiger partial charge in [-0.1, -0.05) is 19.9 Å². The van der Waals surface area contributed by atoms with E-state index in [1.54, 1.807) is 7.11 Å². The van der Waals surface area contributed by atoms with Crippen molar-refractivity contribution in [3.05, 3.63) is 40.7 Å². The summed E-state index contributed by atoms with van der Waals surface area (Å²) in [5, 5.41) is 12.1. The standard InChI is InChI=1S/C22H29N5O/c1-6-15(7-2)24-21-18-11-23-12-19(18)25-22-20(14(4)26-27(21)22)17-9-8-16(28-5)10-13(17)3/h8-10,15,23-24H,6-7,11-12H2,1-5H3. The van der Waals surface area contributed by atoms with Crippen LogP contribution in [-0.2, 0) is 13.1 Å². The largest absolute Gasteiger partial charge is 0.497 e. The molecule has 4 rings (SSSR count). The van der Waals surface area contributed by atoms with Gasteiger partial charge in [-0.3, -0.25) is 0 Å². The highest BCUT2D eigenvalue weighted by atomic mass is 16.5. The molecule has 6 nitrogen and oxygen atoms in total. The third-order valence-electron chi connectivity index (χ3n) is 5.75. The number of rotatable bonds is 6. The third-order valence-corrected chi connectivity index (χ3v) is 5.75. The summed E-state index contributed by atoms with van der Waals surface area (Å²) in [5.41, 5.74) is 7.68. The molecule has 148 valence electrons. The SMILES string of the molecule is CCC(CC)Nc1c2c(nc3c(-c4ccc(OC)cc4C)c(C)nn13)CNC2. The summed E-state index contributed by atoms with van der Waals surface area (Å²) in [4.78, 5) is 5.02. The van der Waals surface area contributed by atoms with Crippen LogP contribution in [0.1, 0.15) is 49.2 Å². The molecule has 1 aliphatic heterocycles. The molecule has 0 amide bonds. The molecule has 0 saturated heterocycles. The van der Waals surface area contributed by atoms with E-state index < -0.39 is 0 Å². The van der Waals surface area contributed by atoms with E-state index in [1.165, 1.54) is 5.56 Å². The van der Waals surface area contributed by atoms with Crippen molar-refractivity contribution in [1.29, 1.82) is 0 Å². The van der Waals surface area contributed by atoms with Crippen LogP contribution < -0.4 is 15.4 Å². The number of anilines is 1. The summed E-state index contributed by atoms with van der Waals surface area (Å²) < 4.78 is 7.39. The van der Waals surface area contributed by atoms with Crippen molar-refractivity contribution >= 4 is 11.5 Å². The van der Waals surface area contributed by atoms with E-state index in [9.17, 15) is 0 Å². The summed E-state index contributed by atoms with van der Waals surface area (Å²) in [6.45, 7) is 10.2. The van der Waals surface area contributed by atoms with Crippen LogP contribution in [-0.4, -0.2) is 27.7 Å². The monoisotopic (exact) mass is 379 g/mol. The summed E-state index contributed by atoms with van der Waals surface area (Å²) >= 11 is 0.